The van der Waals surface area contributed by atoms with Crippen molar-refractivity contribution < 1.29 is 24.3 Å². The molecule has 0 saturated carbocycles. The van der Waals surface area contributed by atoms with Gasteiger partial charge in [0.15, 0.2) is 0 Å². The molecule has 0 aromatic heterocycles. The Labute approximate surface area is 198 Å². The smallest absolute Gasteiger partial charge is 0.326 e. The molecular weight excluding hydrogens is 436 g/mol. The quantitative estimate of drug-likeness (QED) is 0.364. The molecule has 180 valence electrons. The van der Waals surface area contributed by atoms with Crippen LogP contribution in [0.1, 0.15) is 53.0 Å². The number of benzene rings is 2. The summed E-state index contributed by atoms with van der Waals surface area (Å²) in [6.07, 6.45) is 0.516. The average Bonchev–Trinajstić information content (AvgIpc) is 3.03. The maximum atomic E-state index is 13.0. The summed E-state index contributed by atoms with van der Waals surface area (Å²) >= 11 is 0. The zero-order valence-corrected chi connectivity index (χ0v) is 19.4. The van der Waals surface area contributed by atoms with Crippen molar-refractivity contribution in [1.29, 1.82) is 0 Å². The van der Waals surface area contributed by atoms with E-state index in [0.717, 1.165) is 10.5 Å². The van der Waals surface area contributed by atoms with Gasteiger partial charge in [0.05, 0.1) is 11.1 Å². The fraction of sp³-hybridized carbons (Fsp3) is 0.360. The first kappa shape index (κ1) is 24.8. The Morgan fingerprint density at radius 3 is 2.35 bits per heavy atom. The molecule has 2 aromatic rings. The molecule has 1 aliphatic rings. The molecule has 0 saturated heterocycles. The summed E-state index contributed by atoms with van der Waals surface area (Å²) in [5, 5.41) is 12.7. The highest BCUT2D eigenvalue weighted by atomic mass is 16.4. The molecule has 9 nitrogen and oxygen atoms in total. The number of imide groups is 1. The highest BCUT2D eigenvalue weighted by Crippen LogP contribution is 2.25. The zero-order chi connectivity index (χ0) is 24.8. The molecular formula is C25H30N4O5. The largest absolute Gasteiger partial charge is 0.480 e. The number of fused-ring (bicyclic) bond motifs is 1. The van der Waals surface area contributed by atoms with Crippen LogP contribution >= 0.6 is 0 Å². The number of urea groups is 1. The van der Waals surface area contributed by atoms with Crippen molar-refractivity contribution in [2.45, 2.75) is 39.3 Å². The fourth-order valence-electron chi connectivity index (χ4n) is 3.85. The van der Waals surface area contributed by atoms with Crippen molar-refractivity contribution >= 4 is 29.5 Å². The monoisotopic (exact) mass is 466 g/mol. The Bertz CT molecular complexity index is 1070. The Hall–Kier alpha value is -3.88. The summed E-state index contributed by atoms with van der Waals surface area (Å²) in [5.41, 5.74) is 7.43. The van der Waals surface area contributed by atoms with E-state index in [0.29, 0.717) is 12.1 Å². The van der Waals surface area contributed by atoms with Gasteiger partial charge < -0.3 is 21.1 Å². The lowest BCUT2D eigenvalue weighted by Gasteiger charge is -2.30. The summed E-state index contributed by atoms with van der Waals surface area (Å²) in [5.74, 6) is -1.95. The lowest BCUT2D eigenvalue weighted by atomic mass is 10.1. The van der Waals surface area contributed by atoms with Crippen molar-refractivity contribution in [1.82, 2.24) is 15.1 Å². The van der Waals surface area contributed by atoms with Crippen molar-refractivity contribution in [3.05, 3.63) is 65.2 Å². The third-order valence-corrected chi connectivity index (χ3v) is 5.78. The van der Waals surface area contributed by atoms with Crippen LogP contribution < -0.4 is 11.1 Å². The second kappa shape index (κ2) is 10.8. The number of carbonyl (C=O) groups is 4. The number of nitrogen functional groups attached to an aromatic ring is 1. The van der Waals surface area contributed by atoms with Gasteiger partial charge in [-0.05, 0) is 42.5 Å². The number of hydrogen-bond donors (Lipinski definition) is 3. The van der Waals surface area contributed by atoms with Gasteiger partial charge in [0.25, 0.3) is 11.8 Å². The van der Waals surface area contributed by atoms with Crippen molar-refractivity contribution in [2.24, 2.45) is 5.92 Å². The number of rotatable bonds is 10. The topological polar surface area (TPSA) is 133 Å². The van der Waals surface area contributed by atoms with Crippen LogP contribution in [0.4, 0.5) is 10.5 Å². The standard InChI is InChI=1S/C25H30N4O5/c1-16(2)10-12-28(25(34)27-15-17-6-4-3-5-7-17)21(24(32)33)11-13-29-22(30)19-9-8-18(26)14-20(19)23(29)31/h3-9,14,16,21H,10-13,15,26H2,1-2H3,(H,27,34)(H,32,33). The number of aliphatic carboxylic acids is 1. The van der Waals surface area contributed by atoms with Crippen molar-refractivity contribution in [3.8, 4) is 0 Å². The van der Waals surface area contributed by atoms with Crippen LogP contribution in [0.5, 0.6) is 0 Å². The molecule has 1 aliphatic heterocycles. The van der Waals surface area contributed by atoms with E-state index in [2.05, 4.69) is 5.32 Å². The SMILES string of the molecule is CC(C)CCN(C(=O)NCc1ccccc1)C(CCN1C(=O)c2ccc(N)cc2C1=O)C(=O)O. The number of nitrogens with two attached hydrogens (primary N) is 1. The van der Waals surface area contributed by atoms with Crippen LogP contribution in [0, 0.1) is 5.92 Å². The molecule has 0 spiro atoms. The summed E-state index contributed by atoms with van der Waals surface area (Å²) in [4.78, 5) is 52.9. The first-order chi connectivity index (χ1) is 16.2. The van der Waals surface area contributed by atoms with E-state index >= 15 is 0 Å². The van der Waals surface area contributed by atoms with Crippen LogP contribution in [0.2, 0.25) is 0 Å². The van der Waals surface area contributed by atoms with Gasteiger partial charge in [-0.3, -0.25) is 14.5 Å². The number of amides is 4. The number of carbonyl (C=O) groups excluding carboxylic acids is 3. The Morgan fingerprint density at radius 2 is 1.71 bits per heavy atom. The van der Waals surface area contributed by atoms with Gasteiger partial charge in [-0.1, -0.05) is 44.2 Å². The number of nitrogens with zero attached hydrogens (tertiary/aromatic N) is 2. The van der Waals surface area contributed by atoms with Gasteiger partial charge in [-0.2, -0.15) is 0 Å². The molecule has 4 N–H and O–H groups in total. The third kappa shape index (κ3) is 5.72. The highest BCUT2D eigenvalue weighted by molar-refractivity contribution is 6.21. The van der Waals surface area contributed by atoms with Crippen molar-refractivity contribution in [3.63, 3.8) is 0 Å². The van der Waals surface area contributed by atoms with Crippen LogP contribution in [0.3, 0.4) is 0 Å². The molecule has 0 fully saturated rings. The van der Waals surface area contributed by atoms with Gasteiger partial charge in [-0.15, -0.1) is 0 Å². The van der Waals surface area contributed by atoms with E-state index in [1.165, 1.54) is 23.1 Å². The molecule has 4 amide bonds. The average molecular weight is 467 g/mol. The molecule has 1 atom stereocenters. The van der Waals surface area contributed by atoms with Crippen LogP contribution in [-0.2, 0) is 11.3 Å². The lowest BCUT2D eigenvalue weighted by Crippen LogP contribution is -2.51. The fourth-order valence-corrected chi connectivity index (χ4v) is 3.85. The highest BCUT2D eigenvalue weighted by Gasteiger charge is 2.37. The molecule has 1 unspecified atom stereocenters. The zero-order valence-electron chi connectivity index (χ0n) is 19.4. The maximum absolute atomic E-state index is 13.0. The summed E-state index contributed by atoms with van der Waals surface area (Å²) in [6.45, 7) is 4.33. The van der Waals surface area contributed by atoms with E-state index < -0.39 is 29.9 Å². The maximum Gasteiger partial charge on any atom is 0.326 e. The van der Waals surface area contributed by atoms with Crippen LogP contribution in [0.15, 0.2) is 48.5 Å². The number of carboxylic acid groups (broad SMARTS) is 1. The minimum atomic E-state index is -1.20. The minimum Gasteiger partial charge on any atom is -0.480 e. The second-order valence-electron chi connectivity index (χ2n) is 8.73. The summed E-state index contributed by atoms with van der Waals surface area (Å²) < 4.78 is 0. The molecule has 3 rings (SSSR count). The molecule has 9 heteroatoms. The van der Waals surface area contributed by atoms with Crippen molar-refractivity contribution in [2.75, 3.05) is 18.8 Å². The van der Waals surface area contributed by atoms with Gasteiger partial charge in [0.1, 0.15) is 6.04 Å². The Morgan fingerprint density at radius 1 is 1.03 bits per heavy atom. The predicted molar refractivity (Wildman–Crippen MR) is 127 cm³/mol. The number of carboxylic acids is 1. The number of anilines is 1. The molecule has 0 aliphatic carbocycles. The van der Waals surface area contributed by atoms with E-state index in [1.807, 2.05) is 44.2 Å². The Kier molecular flexibility index (Phi) is 7.88. The van der Waals surface area contributed by atoms with Crippen LogP contribution in [0.25, 0.3) is 0 Å². The molecule has 0 radical (unpaired) electrons. The summed E-state index contributed by atoms with van der Waals surface area (Å²) in [6, 6.07) is 12.1. The molecule has 1 heterocycles. The van der Waals surface area contributed by atoms with E-state index in [-0.39, 0.29) is 43.1 Å². The number of hydrogen-bond acceptors (Lipinski definition) is 5. The second-order valence-corrected chi connectivity index (χ2v) is 8.73. The number of nitrogens with one attached hydrogen (secondary N) is 1. The molecule has 0 bridgehead atoms. The van der Waals surface area contributed by atoms with Gasteiger partial charge >= 0.3 is 12.0 Å². The third-order valence-electron chi connectivity index (χ3n) is 5.78. The summed E-state index contributed by atoms with van der Waals surface area (Å²) in [7, 11) is 0. The van der Waals surface area contributed by atoms with Gasteiger partial charge in [-0.25, -0.2) is 9.59 Å². The minimum absolute atomic E-state index is 0.0901. The molecule has 2 aromatic carbocycles. The van der Waals surface area contributed by atoms with Gasteiger partial charge in [0.2, 0.25) is 0 Å². The van der Waals surface area contributed by atoms with E-state index in [1.54, 1.807) is 0 Å². The predicted octanol–water partition coefficient (Wildman–Crippen LogP) is 2.97. The van der Waals surface area contributed by atoms with Crippen LogP contribution in [-0.4, -0.2) is 57.9 Å². The Balaban J connectivity index is 1.73. The normalized spacial score (nSPS) is 13.7. The first-order valence-electron chi connectivity index (χ1n) is 11.3. The molecule has 34 heavy (non-hydrogen) atoms. The van der Waals surface area contributed by atoms with E-state index in [9.17, 15) is 24.3 Å². The lowest BCUT2D eigenvalue weighted by molar-refractivity contribution is -0.142. The first-order valence-corrected chi connectivity index (χ1v) is 11.3. The van der Waals surface area contributed by atoms with E-state index in [4.69, 9.17) is 5.73 Å². The van der Waals surface area contributed by atoms with Gasteiger partial charge in [0, 0.05) is 25.3 Å².